The predicted molar refractivity (Wildman–Crippen MR) is 79.8 cm³/mol. The molecule has 5 heteroatoms. The zero-order valence-electron chi connectivity index (χ0n) is 10.7. The summed E-state index contributed by atoms with van der Waals surface area (Å²) < 4.78 is 1.14. The molecule has 18 heavy (non-hydrogen) atoms. The van der Waals surface area contributed by atoms with E-state index in [-0.39, 0.29) is 6.04 Å². The van der Waals surface area contributed by atoms with E-state index in [1.807, 2.05) is 0 Å². The average molecular weight is 333 g/mol. The van der Waals surface area contributed by atoms with E-state index in [1.54, 1.807) is 11.3 Å². The Hall–Kier alpha value is 0.0600. The van der Waals surface area contributed by atoms with Gasteiger partial charge in [0.25, 0.3) is 0 Å². The second-order valence-corrected chi connectivity index (χ2v) is 6.99. The quantitative estimate of drug-likeness (QED) is 0.871. The standard InChI is InChI=1S/C13H21BrN2OS/c1-9(15)13(12-6-11(14)8-18-12)16-4-2-10(7-16)3-5-17/h6,8-10,13,17H,2-5,7,15H2,1H3. The Morgan fingerprint density at radius 2 is 2.44 bits per heavy atom. The highest BCUT2D eigenvalue weighted by atomic mass is 79.9. The highest BCUT2D eigenvalue weighted by Gasteiger charge is 2.31. The number of nitrogens with two attached hydrogens (primary N) is 1. The molecule has 2 rings (SSSR count). The third-order valence-corrected chi connectivity index (χ3v) is 5.39. The first kappa shape index (κ1) is 14.5. The van der Waals surface area contributed by atoms with Gasteiger partial charge in [0.1, 0.15) is 0 Å². The molecule has 0 saturated carbocycles. The lowest BCUT2D eigenvalue weighted by molar-refractivity contribution is 0.203. The number of halogens is 1. The highest BCUT2D eigenvalue weighted by Crippen LogP contribution is 2.35. The van der Waals surface area contributed by atoms with Crippen LogP contribution in [-0.2, 0) is 0 Å². The summed E-state index contributed by atoms with van der Waals surface area (Å²) in [6, 6.07) is 2.62. The Morgan fingerprint density at radius 3 is 3.00 bits per heavy atom. The van der Waals surface area contributed by atoms with Crippen molar-refractivity contribution in [1.82, 2.24) is 4.90 Å². The topological polar surface area (TPSA) is 49.5 Å². The molecule has 1 aliphatic heterocycles. The van der Waals surface area contributed by atoms with Crippen molar-refractivity contribution in [3.8, 4) is 0 Å². The van der Waals surface area contributed by atoms with Crippen molar-refractivity contribution in [2.24, 2.45) is 11.7 Å². The molecular weight excluding hydrogens is 312 g/mol. The predicted octanol–water partition coefficient (Wildman–Crippen LogP) is 2.60. The Bertz CT molecular complexity index is 383. The van der Waals surface area contributed by atoms with Crippen molar-refractivity contribution in [2.45, 2.75) is 31.8 Å². The van der Waals surface area contributed by atoms with Gasteiger partial charge in [-0.05, 0) is 54.2 Å². The van der Waals surface area contributed by atoms with E-state index >= 15 is 0 Å². The molecule has 3 unspecified atom stereocenters. The SMILES string of the molecule is CC(N)C(c1cc(Br)cs1)N1CCC(CCO)C1. The fourth-order valence-corrected chi connectivity index (χ4v) is 4.48. The van der Waals surface area contributed by atoms with Gasteiger partial charge in [-0.2, -0.15) is 0 Å². The molecule has 0 aliphatic carbocycles. The monoisotopic (exact) mass is 332 g/mol. The van der Waals surface area contributed by atoms with Crippen LogP contribution >= 0.6 is 27.3 Å². The molecule has 1 aliphatic rings. The molecule has 3 N–H and O–H groups in total. The Balaban J connectivity index is 2.07. The van der Waals surface area contributed by atoms with Crippen LogP contribution in [-0.4, -0.2) is 35.7 Å². The van der Waals surface area contributed by atoms with Crippen molar-refractivity contribution in [3.63, 3.8) is 0 Å². The Labute approximate surface area is 121 Å². The van der Waals surface area contributed by atoms with E-state index in [9.17, 15) is 0 Å². The summed E-state index contributed by atoms with van der Waals surface area (Å²) in [6.07, 6.45) is 2.09. The van der Waals surface area contributed by atoms with Crippen LogP contribution in [0.25, 0.3) is 0 Å². The number of aliphatic hydroxyl groups is 1. The summed E-state index contributed by atoms with van der Waals surface area (Å²) in [5, 5.41) is 11.2. The number of thiophene rings is 1. The summed E-state index contributed by atoms with van der Waals surface area (Å²) in [5.41, 5.74) is 6.18. The number of hydrogen-bond acceptors (Lipinski definition) is 4. The molecule has 0 bridgehead atoms. The minimum Gasteiger partial charge on any atom is -0.396 e. The van der Waals surface area contributed by atoms with Crippen LogP contribution in [0.1, 0.15) is 30.7 Å². The van der Waals surface area contributed by atoms with Crippen molar-refractivity contribution in [3.05, 3.63) is 20.8 Å². The van der Waals surface area contributed by atoms with E-state index in [0.29, 0.717) is 18.6 Å². The van der Waals surface area contributed by atoms with Crippen molar-refractivity contribution in [2.75, 3.05) is 19.7 Å². The zero-order valence-corrected chi connectivity index (χ0v) is 13.1. The van der Waals surface area contributed by atoms with Gasteiger partial charge in [0.05, 0.1) is 6.04 Å². The molecule has 1 saturated heterocycles. The lowest BCUT2D eigenvalue weighted by Crippen LogP contribution is -2.37. The average Bonchev–Trinajstić information content (AvgIpc) is 2.90. The normalized spacial score (nSPS) is 24.3. The van der Waals surface area contributed by atoms with Gasteiger partial charge in [0.2, 0.25) is 0 Å². The number of rotatable bonds is 5. The molecule has 0 aromatic carbocycles. The molecule has 3 nitrogen and oxygen atoms in total. The summed E-state index contributed by atoms with van der Waals surface area (Å²) in [5.74, 6) is 0.625. The molecule has 2 heterocycles. The summed E-state index contributed by atoms with van der Waals surface area (Å²) in [7, 11) is 0. The third-order valence-electron chi connectivity index (χ3n) is 3.63. The number of aliphatic hydroxyl groups excluding tert-OH is 1. The van der Waals surface area contributed by atoms with Crippen molar-refractivity contribution < 1.29 is 5.11 Å². The van der Waals surface area contributed by atoms with Gasteiger partial charge in [0.15, 0.2) is 0 Å². The number of likely N-dealkylation sites (tertiary alicyclic amines) is 1. The molecule has 0 spiro atoms. The van der Waals surface area contributed by atoms with E-state index in [0.717, 1.165) is 24.0 Å². The maximum Gasteiger partial charge on any atom is 0.0591 e. The van der Waals surface area contributed by atoms with Crippen LogP contribution in [0.5, 0.6) is 0 Å². The fraction of sp³-hybridized carbons (Fsp3) is 0.692. The first-order chi connectivity index (χ1) is 8.61. The number of hydrogen-bond donors (Lipinski definition) is 2. The van der Waals surface area contributed by atoms with Crippen LogP contribution in [0, 0.1) is 5.92 Å². The lowest BCUT2D eigenvalue weighted by Gasteiger charge is -2.30. The minimum absolute atomic E-state index is 0.128. The molecule has 1 aromatic rings. The summed E-state index contributed by atoms with van der Waals surface area (Å²) in [4.78, 5) is 3.81. The summed E-state index contributed by atoms with van der Waals surface area (Å²) in [6.45, 7) is 4.53. The van der Waals surface area contributed by atoms with Crippen LogP contribution in [0.4, 0.5) is 0 Å². The maximum absolute atomic E-state index is 9.03. The lowest BCUT2D eigenvalue weighted by atomic mass is 10.1. The Kier molecular flexibility index (Phi) is 5.21. The second-order valence-electron chi connectivity index (χ2n) is 5.13. The first-order valence-corrected chi connectivity index (χ1v) is 8.13. The van der Waals surface area contributed by atoms with Crippen LogP contribution in [0.3, 0.4) is 0 Å². The van der Waals surface area contributed by atoms with Crippen molar-refractivity contribution >= 4 is 27.3 Å². The van der Waals surface area contributed by atoms with E-state index in [1.165, 1.54) is 11.3 Å². The van der Waals surface area contributed by atoms with Gasteiger partial charge in [-0.25, -0.2) is 0 Å². The molecule has 102 valence electrons. The molecule has 0 amide bonds. The van der Waals surface area contributed by atoms with E-state index < -0.39 is 0 Å². The van der Waals surface area contributed by atoms with Gasteiger partial charge >= 0.3 is 0 Å². The van der Waals surface area contributed by atoms with Gasteiger partial charge in [-0.15, -0.1) is 11.3 Å². The van der Waals surface area contributed by atoms with Crippen LogP contribution < -0.4 is 5.73 Å². The van der Waals surface area contributed by atoms with Crippen LogP contribution in [0.15, 0.2) is 15.9 Å². The van der Waals surface area contributed by atoms with Gasteiger partial charge < -0.3 is 10.8 Å². The van der Waals surface area contributed by atoms with E-state index in [2.05, 4.69) is 39.2 Å². The fourth-order valence-electron chi connectivity index (χ4n) is 2.79. The van der Waals surface area contributed by atoms with E-state index in [4.69, 9.17) is 10.8 Å². The van der Waals surface area contributed by atoms with Gasteiger partial charge in [0, 0.05) is 33.9 Å². The second kappa shape index (κ2) is 6.48. The largest absolute Gasteiger partial charge is 0.396 e. The van der Waals surface area contributed by atoms with Crippen molar-refractivity contribution in [1.29, 1.82) is 0 Å². The molecule has 1 aromatic heterocycles. The summed E-state index contributed by atoms with van der Waals surface area (Å²) >= 11 is 5.28. The first-order valence-electron chi connectivity index (χ1n) is 6.46. The smallest absolute Gasteiger partial charge is 0.0591 e. The van der Waals surface area contributed by atoms with Crippen LogP contribution in [0.2, 0.25) is 0 Å². The minimum atomic E-state index is 0.128. The molecule has 0 radical (unpaired) electrons. The number of nitrogens with zero attached hydrogens (tertiary/aromatic N) is 1. The van der Waals surface area contributed by atoms with Gasteiger partial charge in [-0.3, -0.25) is 4.90 Å². The molecule has 3 atom stereocenters. The molecule has 1 fully saturated rings. The maximum atomic E-state index is 9.03. The Morgan fingerprint density at radius 1 is 1.67 bits per heavy atom. The third kappa shape index (κ3) is 3.33. The highest BCUT2D eigenvalue weighted by molar-refractivity contribution is 9.10. The van der Waals surface area contributed by atoms with Gasteiger partial charge in [-0.1, -0.05) is 0 Å². The zero-order chi connectivity index (χ0) is 13.1. The molecular formula is C13H21BrN2OS.